The highest BCUT2D eigenvalue weighted by atomic mass is 16.5. The lowest BCUT2D eigenvalue weighted by Gasteiger charge is -2.63. The third-order valence-corrected chi connectivity index (χ3v) is 22.8. The molecular weight excluding hydrogens is 997 g/mol. The zero-order valence-corrected chi connectivity index (χ0v) is 44.1. The summed E-state index contributed by atoms with van der Waals surface area (Å²) in [5, 5.41) is 86.5. The largest absolute Gasteiger partial charge is 0.504 e. The van der Waals surface area contributed by atoms with Crippen molar-refractivity contribution < 1.29 is 59.6 Å². The fraction of sp³-hybridized carbons (Fsp3) is 0.650. The van der Waals surface area contributed by atoms with Gasteiger partial charge < -0.3 is 60.7 Å². The summed E-state index contributed by atoms with van der Waals surface area (Å²) in [5.74, 6) is 3.68. The molecule has 0 aromatic heterocycles. The van der Waals surface area contributed by atoms with Crippen molar-refractivity contribution >= 4 is 17.5 Å². The quantitative estimate of drug-likeness (QED) is 0.127. The second kappa shape index (κ2) is 16.4. The third kappa shape index (κ3) is 6.22. The number of benzene rings is 3. The minimum absolute atomic E-state index is 0.00126. The molecule has 3 aromatic carbocycles. The molecule has 9 N–H and O–H groups in total. The number of nitrogens with one attached hydrogen (secondary N) is 2. The summed E-state index contributed by atoms with van der Waals surface area (Å²) in [6.07, 6.45) is 12.7. The molecule has 6 bridgehead atoms. The molecule has 12 atom stereocenters. The Morgan fingerprint density at radius 1 is 0.538 bits per heavy atom. The number of ether oxygens (including phenoxy) is 3. The Kier molecular flexibility index (Phi) is 10.2. The lowest BCUT2D eigenvalue weighted by molar-refractivity contribution is -0.168. The van der Waals surface area contributed by atoms with Crippen molar-refractivity contribution in [3.05, 3.63) is 69.8 Å². The summed E-state index contributed by atoms with van der Waals surface area (Å²) < 4.78 is 18.3. The topological polar surface area (TPSA) is 250 Å². The Morgan fingerprint density at radius 3 is 1.46 bits per heavy atom. The van der Waals surface area contributed by atoms with E-state index in [2.05, 4.69) is 30.5 Å². The number of aromatic hydroxyl groups is 3. The van der Waals surface area contributed by atoms with Gasteiger partial charge in [0.25, 0.3) is 5.91 Å². The number of carbonyl (C=O) groups is 2. The molecule has 78 heavy (non-hydrogen) atoms. The summed E-state index contributed by atoms with van der Waals surface area (Å²) in [6.45, 7) is 6.28. The van der Waals surface area contributed by atoms with Crippen LogP contribution in [0.15, 0.2) is 41.6 Å². The maximum atomic E-state index is 12.8. The molecule has 4 saturated carbocycles. The number of likely N-dealkylation sites (tertiary alicyclic amines) is 3. The normalized spacial score (nSPS) is 40.9. The molecule has 8 aliphatic heterocycles. The van der Waals surface area contributed by atoms with Gasteiger partial charge in [-0.1, -0.05) is 23.4 Å². The van der Waals surface area contributed by atoms with Gasteiger partial charge in [-0.25, -0.2) is 0 Å². The minimum atomic E-state index is -1.02. The van der Waals surface area contributed by atoms with Crippen LogP contribution in [0.1, 0.15) is 123 Å². The number of amides is 2. The van der Waals surface area contributed by atoms with Gasteiger partial charge in [0.1, 0.15) is 0 Å². The van der Waals surface area contributed by atoms with Gasteiger partial charge in [-0.05, 0) is 175 Å². The average molecular weight is 1070 g/mol. The Balaban J connectivity index is 0.0000000978. The molecule has 18 rings (SSSR count). The van der Waals surface area contributed by atoms with Crippen LogP contribution in [0, 0.1) is 17.8 Å². The molecule has 3 spiro atoms. The maximum Gasteiger partial charge on any atom is 0.262 e. The first-order chi connectivity index (χ1) is 37.7. The van der Waals surface area contributed by atoms with E-state index in [-0.39, 0.29) is 47.2 Å². The van der Waals surface area contributed by atoms with Crippen molar-refractivity contribution in [2.45, 2.75) is 179 Å². The monoisotopic (exact) mass is 1070 g/mol. The fourth-order valence-electron chi connectivity index (χ4n) is 18.8. The standard InChI is InChI=1S/3C20H24N2O4/c23-13-4-3-12-9-14-20(25)5-7-21-18(24)17-19(20,15(12)16(13)26-17)6-8-22(14)10-11-1-2-11;23-14-4-3-12-9-15-20(24)6-5-13(21-25)18-19(20,16(12)17(14)26-18)7-8-22(15)10-11-1-2-11;23-13-4-3-12-9-14-20(25)6-5-15(24)21-18-19(20,16(12)17(13)26-18)7-8-22(14)10-11-1-2-11/h3-4,11,14,17,23,25H,1-2,5-10H2,(H,21,24);3-4,11,15,18,23-25H,1-2,5-10H2;3-4,11,14,18,23,25H,1-2,5-10H2,(H,21,24)/b;21-13-;/t14-,17+,19+,20-;15-,18+,19+,20-;14-,18-,19+,20-/m111/s1. The summed E-state index contributed by atoms with van der Waals surface area (Å²) in [4.78, 5) is 32.6. The first kappa shape index (κ1) is 48.5. The van der Waals surface area contributed by atoms with Gasteiger partial charge in [0.2, 0.25) is 5.91 Å². The molecular formula is C60H72N6O12. The predicted molar refractivity (Wildman–Crippen MR) is 280 cm³/mol. The minimum Gasteiger partial charge on any atom is -0.504 e. The predicted octanol–water partition coefficient (Wildman–Crippen LogP) is 3.50. The number of aliphatic hydroxyl groups is 3. The number of hydrogen-bond donors (Lipinski definition) is 9. The highest BCUT2D eigenvalue weighted by molar-refractivity contribution is 5.94. The van der Waals surface area contributed by atoms with E-state index in [0.29, 0.717) is 68.0 Å². The third-order valence-electron chi connectivity index (χ3n) is 22.8. The maximum absolute atomic E-state index is 12.8. The summed E-state index contributed by atoms with van der Waals surface area (Å²) in [6, 6.07) is 11.0. The number of rotatable bonds is 6. The smallest absolute Gasteiger partial charge is 0.262 e. The van der Waals surface area contributed by atoms with Gasteiger partial charge >= 0.3 is 0 Å². The zero-order chi connectivity index (χ0) is 53.0. The first-order valence-corrected chi connectivity index (χ1v) is 29.4. The Labute approximate surface area is 452 Å². The van der Waals surface area contributed by atoms with Crippen LogP contribution in [0.5, 0.6) is 34.5 Å². The van der Waals surface area contributed by atoms with E-state index < -0.39 is 51.5 Å². The Bertz CT molecular complexity index is 3110. The van der Waals surface area contributed by atoms with Gasteiger partial charge in [-0.3, -0.25) is 24.3 Å². The van der Waals surface area contributed by atoms with Gasteiger partial charge in [-0.15, -0.1) is 0 Å². The number of phenolic OH excluding ortho intramolecular Hbond substituents is 3. The Morgan fingerprint density at radius 2 is 0.962 bits per heavy atom. The molecule has 5 saturated heterocycles. The molecule has 0 radical (unpaired) electrons. The molecule has 0 unspecified atom stereocenters. The van der Waals surface area contributed by atoms with Crippen LogP contribution in [0.25, 0.3) is 0 Å². The van der Waals surface area contributed by atoms with Crippen molar-refractivity contribution in [1.29, 1.82) is 0 Å². The van der Waals surface area contributed by atoms with Crippen molar-refractivity contribution in [3.8, 4) is 34.5 Å². The molecule has 2 amide bonds. The molecule has 9 fully saturated rings. The van der Waals surface area contributed by atoms with E-state index in [1.165, 1.54) is 38.5 Å². The molecule has 8 heterocycles. The average Bonchev–Trinajstić information content (AvgIpc) is 2.82. The van der Waals surface area contributed by atoms with Gasteiger partial charge in [0.05, 0.1) is 38.8 Å². The van der Waals surface area contributed by atoms with Crippen molar-refractivity contribution in [2.24, 2.45) is 22.9 Å². The second-order valence-electron chi connectivity index (χ2n) is 26.4. The molecule has 3 aromatic rings. The van der Waals surface area contributed by atoms with Crippen LogP contribution >= 0.6 is 0 Å². The van der Waals surface area contributed by atoms with E-state index in [1.807, 2.05) is 18.2 Å². The number of oxime groups is 1. The van der Waals surface area contributed by atoms with E-state index in [4.69, 9.17) is 14.2 Å². The van der Waals surface area contributed by atoms with Crippen LogP contribution in [-0.4, -0.2) is 167 Å². The number of carbonyl (C=O) groups excluding carboxylic acids is 2. The van der Waals surface area contributed by atoms with Crippen LogP contribution in [-0.2, 0) is 45.1 Å². The van der Waals surface area contributed by atoms with E-state index in [9.17, 15) is 45.4 Å². The number of piperidine rings is 3. The van der Waals surface area contributed by atoms with Crippen LogP contribution in [0.2, 0.25) is 0 Å². The van der Waals surface area contributed by atoms with Gasteiger partial charge in [0.15, 0.2) is 52.9 Å². The highest BCUT2D eigenvalue weighted by Crippen LogP contribution is 2.67. The zero-order valence-electron chi connectivity index (χ0n) is 44.1. The molecule has 414 valence electrons. The second-order valence-corrected chi connectivity index (χ2v) is 26.4. The van der Waals surface area contributed by atoms with E-state index >= 15 is 0 Å². The van der Waals surface area contributed by atoms with Crippen molar-refractivity contribution in [1.82, 2.24) is 25.3 Å². The Hall–Kier alpha value is -5.37. The van der Waals surface area contributed by atoms with E-state index in [1.54, 1.807) is 18.2 Å². The molecule has 15 aliphatic rings. The lowest BCUT2D eigenvalue weighted by Crippen LogP contribution is -2.76. The van der Waals surface area contributed by atoms with Crippen LogP contribution in [0.3, 0.4) is 0 Å². The molecule has 7 aliphatic carbocycles. The highest BCUT2D eigenvalue weighted by Gasteiger charge is 2.75. The van der Waals surface area contributed by atoms with E-state index in [0.717, 1.165) is 123 Å². The van der Waals surface area contributed by atoms with Crippen LogP contribution < -0.4 is 24.8 Å². The molecule has 18 heteroatoms. The summed E-state index contributed by atoms with van der Waals surface area (Å²) in [7, 11) is 0. The van der Waals surface area contributed by atoms with Gasteiger partial charge in [-0.2, -0.15) is 0 Å². The number of phenols is 3. The SMILES string of the molecule is O/N=C1/CC[C@@]2(O)[C@H]3Cc4ccc(O)c5c4[C@@]2(CCN3CC2CC2)[C@H]1O5.O=C1CC[C@@]2(O)[C@H]3Cc4ccc(O)c5c4[C@@]2(CCN3CC2CC2)[C@H](N1)O5.O=C1NCC[C@@]2(O)[C@H]3Cc4ccc(O)c5c4[C@@]2(CCN3CC2CC2)[C@H]1O5. The molecule has 18 nitrogen and oxygen atoms in total. The number of nitrogens with zero attached hydrogens (tertiary/aromatic N) is 4. The summed E-state index contributed by atoms with van der Waals surface area (Å²) >= 11 is 0. The van der Waals surface area contributed by atoms with Crippen molar-refractivity contribution in [2.75, 3.05) is 45.8 Å². The summed E-state index contributed by atoms with van der Waals surface area (Å²) in [5.41, 5.74) is 1.84. The first-order valence-electron chi connectivity index (χ1n) is 29.4. The fourth-order valence-corrected chi connectivity index (χ4v) is 18.8. The van der Waals surface area contributed by atoms with Crippen LogP contribution in [0.4, 0.5) is 0 Å². The van der Waals surface area contributed by atoms with Crippen molar-refractivity contribution in [3.63, 3.8) is 0 Å². The number of hydrogen-bond acceptors (Lipinski definition) is 16. The van der Waals surface area contributed by atoms with Gasteiger partial charge in [0, 0.05) is 67.4 Å². The lowest BCUT2D eigenvalue weighted by atomic mass is 9.49.